The lowest BCUT2D eigenvalue weighted by Gasteiger charge is -2.19. The summed E-state index contributed by atoms with van der Waals surface area (Å²) < 4.78 is 13.7. The van der Waals surface area contributed by atoms with Gasteiger partial charge in [0.25, 0.3) is 0 Å². The summed E-state index contributed by atoms with van der Waals surface area (Å²) in [4.78, 5) is 0. The van der Waals surface area contributed by atoms with Crippen molar-refractivity contribution in [1.82, 2.24) is 5.32 Å². The standard InChI is InChI=1S/C13H15BrFN/c1-4-5-9(2)16-10(3)12-7-6-11(15)8-13(12)14/h1,6-10,16H,5H2,2-3H3. The van der Waals surface area contributed by atoms with Crippen molar-refractivity contribution < 1.29 is 4.39 Å². The summed E-state index contributed by atoms with van der Waals surface area (Å²) in [6, 6.07) is 5.10. The molecule has 1 N–H and O–H groups in total. The van der Waals surface area contributed by atoms with Crippen LogP contribution < -0.4 is 5.32 Å². The Morgan fingerprint density at radius 3 is 2.75 bits per heavy atom. The maximum atomic E-state index is 12.9. The Morgan fingerprint density at radius 1 is 1.50 bits per heavy atom. The van der Waals surface area contributed by atoms with E-state index in [1.807, 2.05) is 13.8 Å². The molecule has 0 amide bonds. The first-order chi connectivity index (χ1) is 7.54. The van der Waals surface area contributed by atoms with Crippen molar-refractivity contribution in [2.24, 2.45) is 0 Å². The molecule has 0 fully saturated rings. The van der Waals surface area contributed by atoms with E-state index < -0.39 is 0 Å². The Morgan fingerprint density at radius 2 is 2.19 bits per heavy atom. The molecule has 2 atom stereocenters. The van der Waals surface area contributed by atoms with Gasteiger partial charge in [-0.3, -0.25) is 0 Å². The van der Waals surface area contributed by atoms with Gasteiger partial charge < -0.3 is 5.32 Å². The minimum absolute atomic E-state index is 0.137. The van der Waals surface area contributed by atoms with E-state index >= 15 is 0 Å². The SMILES string of the molecule is C#CCC(C)NC(C)c1ccc(F)cc1Br. The van der Waals surface area contributed by atoms with E-state index in [2.05, 4.69) is 27.2 Å². The minimum atomic E-state index is -0.237. The van der Waals surface area contributed by atoms with Gasteiger partial charge in [-0.15, -0.1) is 12.3 Å². The molecule has 0 radical (unpaired) electrons. The van der Waals surface area contributed by atoms with Crippen molar-refractivity contribution in [1.29, 1.82) is 0 Å². The van der Waals surface area contributed by atoms with Crippen LogP contribution >= 0.6 is 15.9 Å². The third-order valence-electron chi connectivity index (χ3n) is 2.39. The number of nitrogens with one attached hydrogen (secondary N) is 1. The highest BCUT2D eigenvalue weighted by Crippen LogP contribution is 2.24. The van der Waals surface area contributed by atoms with Crippen LogP contribution in [-0.2, 0) is 0 Å². The summed E-state index contributed by atoms with van der Waals surface area (Å²) in [6.07, 6.45) is 5.93. The molecule has 0 aliphatic rings. The van der Waals surface area contributed by atoms with E-state index in [0.717, 1.165) is 10.0 Å². The van der Waals surface area contributed by atoms with Crippen LogP contribution in [0.3, 0.4) is 0 Å². The van der Waals surface area contributed by atoms with Crippen LogP contribution in [0.2, 0.25) is 0 Å². The van der Waals surface area contributed by atoms with E-state index in [-0.39, 0.29) is 17.9 Å². The highest BCUT2D eigenvalue weighted by atomic mass is 79.9. The lowest BCUT2D eigenvalue weighted by Crippen LogP contribution is -2.28. The Balaban J connectivity index is 2.73. The first kappa shape index (κ1) is 13.2. The molecule has 1 aromatic carbocycles. The smallest absolute Gasteiger partial charge is 0.124 e. The average Bonchev–Trinajstić information content (AvgIpc) is 2.17. The van der Waals surface area contributed by atoms with Crippen LogP contribution in [0.5, 0.6) is 0 Å². The molecule has 0 aromatic heterocycles. The molecule has 3 heteroatoms. The van der Waals surface area contributed by atoms with Gasteiger partial charge in [0.05, 0.1) is 0 Å². The van der Waals surface area contributed by atoms with E-state index in [4.69, 9.17) is 6.42 Å². The summed E-state index contributed by atoms with van der Waals surface area (Å²) in [5.41, 5.74) is 1.03. The highest BCUT2D eigenvalue weighted by molar-refractivity contribution is 9.10. The third-order valence-corrected chi connectivity index (χ3v) is 3.07. The van der Waals surface area contributed by atoms with Crippen LogP contribution in [0, 0.1) is 18.2 Å². The number of rotatable bonds is 4. The molecule has 1 rings (SSSR count). The summed E-state index contributed by atoms with van der Waals surface area (Å²) in [5.74, 6) is 2.38. The monoisotopic (exact) mass is 283 g/mol. The number of hydrogen-bond acceptors (Lipinski definition) is 1. The second kappa shape index (κ2) is 6.03. The topological polar surface area (TPSA) is 12.0 Å². The second-order valence-electron chi connectivity index (χ2n) is 3.86. The number of halogens is 2. The molecule has 1 nitrogen and oxygen atoms in total. The third kappa shape index (κ3) is 3.62. The van der Waals surface area contributed by atoms with Gasteiger partial charge in [-0.1, -0.05) is 22.0 Å². The minimum Gasteiger partial charge on any atom is -0.307 e. The van der Waals surface area contributed by atoms with Gasteiger partial charge >= 0.3 is 0 Å². The largest absolute Gasteiger partial charge is 0.307 e. The van der Waals surface area contributed by atoms with E-state index in [9.17, 15) is 4.39 Å². The molecule has 0 aliphatic heterocycles. The van der Waals surface area contributed by atoms with Gasteiger partial charge in [0.15, 0.2) is 0 Å². The molecule has 0 spiro atoms. The maximum Gasteiger partial charge on any atom is 0.124 e. The Kier molecular flexibility index (Phi) is 4.98. The van der Waals surface area contributed by atoms with E-state index in [0.29, 0.717) is 6.42 Å². The van der Waals surface area contributed by atoms with Gasteiger partial charge in [0.1, 0.15) is 5.82 Å². The Labute approximate surface area is 105 Å². The normalized spacial score (nSPS) is 14.2. The predicted octanol–water partition coefficient (Wildman–Crippen LogP) is 3.65. The zero-order valence-corrected chi connectivity index (χ0v) is 11.0. The number of benzene rings is 1. The van der Waals surface area contributed by atoms with Crippen molar-refractivity contribution >= 4 is 15.9 Å². The molecule has 86 valence electrons. The van der Waals surface area contributed by atoms with Gasteiger partial charge in [-0.25, -0.2) is 4.39 Å². The van der Waals surface area contributed by atoms with Crippen molar-refractivity contribution in [3.05, 3.63) is 34.1 Å². The highest BCUT2D eigenvalue weighted by Gasteiger charge is 2.12. The number of hydrogen-bond donors (Lipinski definition) is 1. The zero-order chi connectivity index (χ0) is 12.1. The van der Waals surface area contributed by atoms with Crippen LogP contribution in [0.25, 0.3) is 0 Å². The molecule has 0 saturated heterocycles. The van der Waals surface area contributed by atoms with Gasteiger partial charge in [-0.05, 0) is 31.5 Å². The summed E-state index contributed by atoms with van der Waals surface area (Å²) in [5, 5.41) is 3.36. The molecule has 0 bridgehead atoms. The molecule has 1 aromatic rings. The Bertz CT molecular complexity index is 397. The summed E-state index contributed by atoms with van der Waals surface area (Å²) in [7, 11) is 0. The van der Waals surface area contributed by atoms with Crippen LogP contribution in [0.4, 0.5) is 4.39 Å². The van der Waals surface area contributed by atoms with Crippen molar-refractivity contribution in [3.8, 4) is 12.3 Å². The maximum absolute atomic E-state index is 12.9. The predicted molar refractivity (Wildman–Crippen MR) is 68.6 cm³/mol. The molecule has 0 saturated carbocycles. The molecule has 0 aliphatic carbocycles. The Hall–Kier alpha value is -0.850. The van der Waals surface area contributed by atoms with Crippen molar-refractivity contribution in [3.63, 3.8) is 0 Å². The lowest BCUT2D eigenvalue weighted by atomic mass is 10.1. The fourth-order valence-electron chi connectivity index (χ4n) is 1.60. The average molecular weight is 284 g/mol. The van der Waals surface area contributed by atoms with Crippen molar-refractivity contribution in [2.75, 3.05) is 0 Å². The van der Waals surface area contributed by atoms with Crippen LogP contribution in [-0.4, -0.2) is 6.04 Å². The van der Waals surface area contributed by atoms with Crippen LogP contribution in [0.1, 0.15) is 31.9 Å². The van der Waals surface area contributed by atoms with Crippen LogP contribution in [0.15, 0.2) is 22.7 Å². The van der Waals surface area contributed by atoms with Crippen molar-refractivity contribution in [2.45, 2.75) is 32.4 Å². The zero-order valence-electron chi connectivity index (χ0n) is 9.43. The van der Waals surface area contributed by atoms with Gasteiger partial charge in [0, 0.05) is 23.0 Å². The number of terminal acetylenes is 1. The fourth-order valence-corrected chi connectivity index (χ4v) is 2.30. The summed E-state index contributed by atoms with van der Waals surface area (Å²) >= 11 is 3.36. The lowest BCUT2D eigenvalue weighted by molar-refractivity contribution is 0.484. The first-order valence-corrected chi connectivity index (χ1v) is 5.98. The summed E-state index contributed by atoms with van der Waals surface area (Å²) in [6.45, 7) is 4.07. The van der Waals surface area contributed by atoms with Gasteiger partial charge in [-0.2, -0.15) is 0 Å². The van der Waals surface area contributed by atoms with E-state index in [1.54, 1.807) is 6.07 Å². The molecule has 16 heavy (non-hydrogen) atoms. The molecule has 2 unspecified atom stereocenters. The first-order valence-electron chi connectivity index (χ1n) is 5.19. The fraction of sp³-hybridized carbons (Fsp3) is 0.385. The van der Waals surface area contributed by atoms with E-state index in [1.165, 1.54) is 12.1 Å². The molecular formula is C13H15BrFN. The van der Waals surface area contributed by atoms with Gasteiger partial charge in [0.2, 0.25) is 0 Å². The molecule has 0 heterocycles. The second-order valence-corrected chi connectivity index (χ2v) is 4.72. The quantitative estimate of drug-likeness (QED) is 0.832. The molecular weight excluding hydrogens is 269 g/mol.